The Labute approximate surface area is 167 Å². The van der Waals surface area contributed by atoms with Crippen molar-refractivity contribution in [2.75, 3.05) is 24.3 Å². The second-order valence-corrected chi connectivity index (χ2v) is 7.15. The molecule has 0 atom stereocenters. The maximum atomic E-state index is 12.1. The Morgan fingerprint density at radius 2 is 1.93 bits per heavy atom. The summed E-state index contributed by atoms with van der Waals surface area (Å²) in [7, 11) is 4.03. The fraction of sp³-hybridized carbons (Fsp3) is 0.250. The van der Waals surface area contributed by atoms with E-state index >= 15 is 0 Å². The van der Waals surface area contributed by atoms with Crippen LogP contribution >= 0.6 is 11.6 Å². The Balaban J connectivity index is 1.71. The average molecular weight is 397 g/mol. The summed E-state index contributed by atoms with van der Waals surface area (Å²) >= 11 is 6.15. The van der Waals surface area contributed by atoms with Gasteiger partial charge in [0.1, 0.15) is 5.82 Å². The molecule has 0 aliphatic rings. The van der Waals surface area contributed by atoms with Gasteiger partial charge in [0.05, 0.1) is 16.6 Å². The monoisotopic (exact) mass is 396 g/mol. The fourth-order valence-electron chi connectivity index (χ4n) is 3.30. The van der Waals surface area contributed by atoms with Crippen LogP contribution in [0, 0.1) is 0 Å². The summed E-state index contributed by atoms with van der Waals surface area (Å²) in [5, 5.41) is 4.32. The van der Waals surface area contributed by atoms with Crippen molar-refractivity contribution in [2.45, 2.75) is 20.0 Å². The second kappa shape index (κ2) is 7.16. The van der Waals surface area contributed by atoms with Crippen molar-refractivity contribution >= 4 is 45.0 Å². The van der Waals surface area contributed by atoms with Crippen LogP contribution in [0.2, 0.25) is 5.28 Å². The van der Waals surface area contributed by atoms with E-state index in [1.807, 2.05) is 33.2 Å². The largest absolute Gasteiger partial charge is 0.378 e. The molecule has 0 aliphatic heterocycles. The number of aromatic nitrogens is 4. The van der Waals surface area contributed by atoms with Gasteiger partial charge in [0.25, 0.3) is 0 Å². The minimum Gasteiger partial charge on any atom is -0.378 e. The van der Waals surface area contributed by atoms with E-state index in [0.717, 1.165) is 27.7 Å². The molecule has 4 rings (SSSR count). The van der Waals surface area contributed by atoms with Crippen molar-refractivity contribution in [2.24, 2.45) is 0 Å². The SMILES string of the molecule is CCn1c(=O)[nH]c2cc3c(NCc4ccc(N(C)C)cc4)nc(Cl)nc3cc21. The van der Waals surface area contributed by atoms with Crippen molar-refractivity contribution < 1.29 is 0 Å². The molecule has 0 radical (unpaired) electrons. The van der Waals surface area contributed by atoms with Gasteiger partial charge in [0.15, 0.2) is 0 Å². The van der Waals surface area contributed by atoms with Crippen LogP contribution in [0.3, 0.4) is 0 Å². The number of imidazole rings is 1. The van der Waals surface area contributed by atoms with Crippen molar-refractivity contribution in [1.82, 2.24) is 19.5 Å². The van der Waals surface area contributed by atoms with Gasteiger partial charge >= 0.3 is 5.69 Å². The Kier molecular flexibility index (Phi) is 4.68. The Morgan fingerprint density at radius 1 is 1.18 bits per heavy atom. The zero-order valence-electron chi connectivity index (χ0n) is 16.0. The Morgan fingerprint density at radius 3 is 2.61 bits per heavy atom. The molecule has 4 aromatic rings. The molecule has 28 heavy (non-hydrogen) atoms. The van der Waals surface area contributed by atoms with Crippen LogP contribution in [0.25, 0.3) is 21.9 Å². The first kappa shape index (κ1) is 18.3. The number of rotatable bonds is 5. The summed E-state index contributed by atoms with van der Waals surface area (Å²) in [6.07, 6.45) is 0. The lowest BCUT2D eigenvalue weighted by atomic mass is 10.1. The molecule has 0 aliphatic carbocycles. The third-order valence-corrected chi connectivity index (χ3v) is 4.96. The Hall–Kier alpha value is -3.06. The van der Waals surface area contributed by atoms with E-state index in [2.05, 4.69) is 49.4 Å². The predicted octanol–water partition coefficient (Wildman–Crippen LogP) is 3.62. The maximum absolute atomic E-state index is 12.1. The summed E-state index contributed by atoms with van der Waals surface area (Å²) in [6.45, 7) is 3.11. The number of fused-ring (bicyclic) bond motifs is 2. The molecular weight excluding hydrogens is 376 g/mol. The predicted molar refractivity (Wildman–Crippen MR) is 114 cm³/mol. The van der Waals surface area contributed by atoms with Crippen molar-refractivity contribution in [3.8, 4) is 0 Å². The molecule has 0 bridgehead atoms. The molecule has 2 aromatic carbocycles. The van der Waals surface area contributed by atoms with E-state index in [-0.39, 0.29) is 11.0 Å². The molecule has 0 fully saturated rings. The summed E-state index contributed by atoms with van der Waals surface area (Å²) in [5.41, 5.74) is 4.39. The number of hydrogen-bond donors (Lipinski definition) is 2. The fourth-order valence-corrected chi connectivity index (χ4v) is 3.47. The van der Waals surface area contributed by atoms with Gasteiger partial charge in [0, 0.05) is 38.3 Å². The van der Waals surface area contributed by atoms with Crippen molar-refractivity contribution in [3.05, 3.63) is 57.7 Å². The van der Waals surface area contributed by atoms with Crippen LogP contribution in [-0.4, -0.2) is 33.6 Å². The lowest BCUT2D eigenvalue weighted by Gasteiger charge is -2.13. The van der Waals surface area contributed by atoms with Crippen LogP contribution in [0.15, 0.2) is 41.2 Å². The quantitative estimate of drug-likeness (QED) is 0.504. The number of halogens is 1. The van der Waals surface area contributed by atoms with E-state index in [1.54, 1.807) is 4.57 Å². The van der Waals surface area contributed by atoms with Crippen LogP contribution < -0.4 is 15.9 Å². The number of aromatic amines is 1. The summed E-state index contributed by atoms with van der Waals surface area (Å²) in [4.78, 5) is 25.8. The topological polar surface area (TPSA) is 78.8 Å². The maximum Gasteiger partial charge on any atom is 0.326 e. The number of benzene rings is 2. The zero-order chi connectivity index (χ0) is 19.8. The summed E-state index contributed by atoms with van der Waals surface area (Å²) in [6, 6.07) is 12.1. The molecular formula is C20H21ClN6O. The van der Waals surface area contributed by atoms with Gasteiger partial charge in [-0.2, -0.15) is 0 Å². The molecule has 2 aromatic heterocycles. The molecule has 8 heteroatoms. The highest BCUT2D eigenvalue weighted by Crippen LogP contribution is 2.27. The number of anilines is 2. The molecule has 7 nitrogen and oxygen atoms in total. The van der Waals surface area contributed by atoms with Gasteiger partial charge in [-0.15, -0.1) is 0 Å². The van der Waals surface area contributed by atoms with E-state index in [4.69, 9.17) is 11.6 Å². The molecule has 2 heterocycles. The van der Waals surface area contributed by atoms with Crippen LogP contribution in [-0.2, 0) is 13.1 Å². The Bertz CT molecular complexity index is 1210. The van der Waals surface area contributed by atoms with Gasteiger partial charge in [-0.3, -0.25) is 4.57 Å². The number of hydrogen-bond acceptors (Lipinski definition) is 5. The van der Waals surface area contributed by atoms with Gasteiger partial charge in [0.2, 0.25) is 5.28 Å². The van der Waals surface area contributed by atoms with E-state index in [1.165, 1.54) is 0 Å². The molecule has 0 spiro atoms. The van der Waals surface area contributed by atoms with Crippen LogP contribution in [0.4, 0.5) is 11.5 Å². The lowest BCUT2D eigenvalue weighted by molar-refractivity contribution is 0.753. The third-order valence-electron chi connectivity index (χ3n) is 4.79. The molecule has 0 saturated carbocycles. The number of H-pyrrole nitrogens is 1. The number of aryl methyl sites for hydroxylation is 1. The third kappa shape index (κ3) is 3.29. The second-order valence-electron chi connectivity index (χ2n) is 6.82. The minimum absolute atomic E-state index is 0.137. The molecule has 2 N–H and O–H groups in total. The molecule has 144 valence electrons. The zero-order valence-corrected chi connectivity index (χ0v) is 16.7. The average Bonchev–Trinajstić information content (AvgIpc) is 2.98. The van der Waals surface area contributed by atoms with Gasteiger partial charge in [-0.25, -0.2) is 14.8 Å². The van der Waals surface area contributed by atoms with Crippen LogP contribution in [0.1, 0.15) is 12.5 Å². The smallest absolute Gasteiger partial charge is 0.326 e. The van der Waals surface area contributed by atoms with Crippen LogP contribution in [0.5, 0.6) is 0 Å². The first-order valence-electron chi connectivity index (χ1n) is 9.06. The molecule has 0 unspecified atom stereocenters. The molecule has 0 saturated heterocycles. The summed E-state index contributed by atoms with van der Waals surface area (Å²) in [5.74, 6) is 0.638. The minimum atomic E-state index is -0.137. The number of nitrogens with zero attached hydrogens (tertiary/aromatic N) is 4. The highest BCUT2D eigenvalue weighted by Gasteiger charge is 2.12. The highest BCUT2D eigenvalue weighted by atomic mass is 35.5. The van der Waals surface area contributed by atoms with E-state index in [9.17, 15) is 4.79 Å². The van der Waals surface area contributed by atoms with Gasteiger partial charge < -0.3 is 15.2 Å². The first-order chi connectivity index (χ1) is 13.5. The van der Waals surface area contributed by atoms with Crippen molar-refractivity contribution in [3.63, 3.8) is 0 Å². The van der Waals surface area contributed by atoms with E-state index in [0.29, 0.717) is 24.4 Å². The molecule has 0 amide bonds. The standard InChI is InChI=1S/C20H21ClN6O/c1-4-27-17-10-15-14(9-16(17)24-20(27)28)18(25-19(21)23-15)22-11-12-5-7-13(8-6-12)26(2)3/h5-10H,4,11H2,1-3H3,(H,24,28)(H,22,23,25). The first-order valence-corrected chi connectivity index (χ1v) is 9.44. The van der Waals surface area contributed by atoms with Crippen molar-refractivity contribution in [1.29, 1.82) is 0 Å². The van der Waals surface area contributed by atoms with Gasteiger partial charge in [-0.05, 0) is 48.4 Å². The number of nitrogens with one attached hydrogen (secondary N) is 2. The lowest BCUT2D eigenvalue weighted by Crippen LogP contribution is -2.14. The highest BCUT2D eigenvalue weighted by molar-refractivity contribution is 6.29. The normalized spacial score (nSPS) is 11.3. The van der Waals surface area contributed by atoms with Gasteiger partial charge in [-0.1, -0.05) is 12.1 Å². The van der Waals surface area contributed by atoms with E-state index < -0.39 is 0 Å². The summed E-state index contributed by atoms with van der Waals surface area (Å²) < 4.78 is 1.67.